The highest BCUT2D eigenvalue weighted by Gasteiger charge is 2.27. The normalized spacial score (nSPS) is 19.2. The van der Waals surface area contributed by atoms with Crippen molar-refractivity contribution in [2.75, 3.05) is 13.2 Å². The van der Waals surface area contributed by atoms with Crippen LogP contribution in [0.5, 0.6) is 0 Å². The first-order valence-corrected chi connectivity index (χ1v) is 6.89. The molecule has 0 saturated carbocycles. The SMILES string of the molecule is O=C(OCc1ccccc1)N1CCCCC1CCO. The summed E-state index contributed by atoms with van der Waals surface area (Å²) >= 11 is 0. The summed E-state index contributed by atoms with van der Waals surface area (Å²) in [5.74, 6) is 0. The lowest BCUT2D eigenvalue weighted by molar-refractivity contribution is 0.0612. The molecule has 1 atom stereocenters. The zero-order valence-electron chi connectivity index (χ0n) is 11.1. The second kappa shape index (κ2) is 7.14. The first-order chi connectivity index (χ1) is 9.31. The van der Waals surface area contributed by atoms with Gasteiger partial charge in [-0.15, -0.1) is 0 Å². The summed E-state index contributed by atoms with van der Waals surface area (Å²) in [5, 5.41) is 9.05. The number of aliphatic hydroxyl groups is 1. The van der Waals surface area contributed by atoms with E-state index in [4.69, 9.17) is 9.84 Å². The molecule has 0 spiro atoms. The number of carbonyl (C=O) groups is 1. The van der Waals surface area contributed by atoms with Crippen molar-refractivity contribution in [1.82, 2.24) is 4.90 Å². The molecular formula is C15H21NO3. The van der Waals surface area contributed by atoms with Crippen molar-refractivity contribution in [2.45, 2.75) is 38.3 Å². The minimum atomic E-state index is -0.262. The van der Waals surface area contributed by atoms with E-state index < -0.39 is 0 Å². The maximum Gasteiger partial charge on any atom is 0.410 e. The predicted molar refractivity (Wildman–Crippen MR) is 72.7 cm³/mol. The first kappa shape index (κ1) is 13.9. The molecule has 1 aromatic rings. The summed E-state index contributed by atoms with van der Waals surface area (Å²) in [6.07, 6.45) is 3.47. The molecule has 1 unspecified atom stereocenters. The molecule has 4 nitrogen and oxygen atoms in total. The number of hydrogen-bond donors (Lipinski definition) is 1. The number of aliphatic hydroxyl groups excluding tert-OH is 1. The van der Waals surface area contributed by atoms with Crippen LogP contribution in [0.1, 0.15) is 31.2 Å². The van der Waals surface area contributed by atoms with Gasteiger partial charge in [0.25, 0.3) is 0 Å². The van der Waals surface area contributed by atoms with Crippen molar-refractivity contribution in [2.24, 2.45) is 0 Å². The molecule has 0 aliphatic carbocycles. The van der Waals surface area contributed by atoms with Crippen LogP contribution in [-0.4, -0.2) is 35.3 Å². The quantitative estimate of drug-likeness (QED) is 0.908. The summed E-state index contributed by atoms with van der Waals surface area (Å²) in [4.78, 5) is 13.8. The van der Waals surface area contributed by atoms with Gasteiger partial charge in [-0.2, -0.15) is 0 Å². The fourth-order valence-corrected chi connectivity index (χ4v) is 2.49. The lowest BCUT2D eigenvalue weighted by atomic mass is 10.0. The van der Waals surface area contributed by atoms with Gasteiger partial charge in [-0.3, -0.25) is 0 Å². The van der Waals surface area contributed by atoms with E-state index in [1.165, 1.54) is 0 Å². The largest absolute Gasteiger partial charge is 0.445 e. The van der Waals surface area contributed by atoms with Crippen LogP contribution >= 0.6 is 0 Å². The second-order valence-electron chi connectivity index (χ2n) is 4.90. The van der Waals surface area contributed by atoms with Crippen molar-refractivity contribution in [1.29, 1.82) is 0 Å². The van der Waals surface area contributed by atoms with Gasteiger partial charge in [0.2, 0.25) is 0 Å². The Morgan fingerprint density at radius 2 is 2.11 bits per heavy atom. The minimum Gasteiger partial charge on any atom is -0.445 e. The van der Waals surface area contributed by atoms with Crippen molar-refractivity contribution in [3.63, 3.8) is 0 Å². The number of carbonyl (C=O) groups excluding carboxylic acids is 1. The van der Waals surface area contributed by atoms with E-state index in [9.17, 15) is 4.79 Å². The summed E-state index contributed by atoms with van der Waals surface area (Å²) in [7, 11) is 0. The average molecular weight is 263 g/mol. The highest BCUT2D eigenvalue weighted by atomic mass is 16.6. The number of amides is 1. The minimum absolute atomic E-state index is 0.118. The van der Waals surface area contributed by atoms with Gasteiger partial charge in [0.1, 0.15) is 6.61 Å². The predicted octanol–water partition coefficient (Wildman–Crippen LogP) is 2.56. The zero-order valence-corrected chi connectivity index (χ0v) is 11.1. The van der Waals surface area contributed by atoms with E-state index in [0.29, 0.717) is 13.0 Å². The Labute approximate surface area is 114 Å². The van der Waals surface area contributed by atoms with Crippen molar-refractivity contribution in [3.8, 4) is 0 Å². The van der Waals surface area contributed by atoms with Gasteiger partial charge in [-0.05, 0) is 31.2 Å². The van der Waals surface area contributed by atoms with E-state index in [1.807, 2.05) is 30.3 Å². The molecule has 2 rings (SSSR count). The van der Waals surface area contributed by atoms with Gasteiger partial charge < -0.3 is 14.7 Å². The number of piperidine rings is 1. The molecule has 19 heavy (non-hydrogen) atoms. The van der Waals surface area contributed by atoms with Crippen molar-refractivity contribution in [3.05, 3.63) is 35.9 Å². The maximum absolute atomic E-state index is 12.1. The van der Waals surface area contributed by atoms with Crippen LogP contribution in [0.15, 0.2) is 30.3 Å². The second-order valence-corrected chi connectivity index (χ2v) is 4.90. The number of benzene rings is 1. The van der Waals surface area contributed by atoms with Crippen LogP contribution in [0, 0.1) is 0 Å². The van der Waals surface area contributed by atoms with Gasteiger partial charge in [0.15, 0.2) is 0 Å². The average Bonchev–Trinajstić information content (AvgIpc) is 2.47. The number of hydrogen-bond acceptors (Lipinski definition) is 3. The molecule has 1 aromatic carbocycles. The lowest BCUT2D eigenvalue weighted by Gasteiger charge is -2.34. The third-order valence-electron chi connectivity index (χ3n) is 3.53. The topological polar surface area (TPSA) is 49.8 Å². The molecule has 1 aliphatic rings. The van der Waals surface area contributed by atoms with Crippen LogP contribution in [-0.2, 0) is 11.3 Å². The molecule has 1 heterocycles. The van der Waals surface area contributed by atoms with Gasteiger partial charge in [-0.25, -0.2) is 4.79 Å². The number of rotatable bonds is 4. The standard InChI is InChI=1S/C15H21NO3/c17-11-9-14-8-4-5-10-16(14)15(18)19-12-13-6-2-1-3-7-13/h1-3,6-7,14,17H,4-5,8-12H2. The molecule has 1 saturated heterocycles. The maximum atomic E-state index is 12.1. The summed E-state index contributed by atoms with van der Waals surface area (Å²) < 4.78 is 5.35. The Hall–Kier alpha value is -1.55. The van der Waals surface area contributed by atoms with Gasteiger partial charge in [-0.1, -0.05) is 30.3 Å². The number of ether oxygens (including phenoxy) is 1. The molecule has 1 aliphatic heterocycles. The molecule has 0 bridgehead atoms. The third kappa shape index (κ3) is 3.96. The fraction of sp³-hybridized carbons (Fsp3) is 0.533. The Bertz CT molecular complexity index is 392. The molecule has 1 amide bonds. The van der Waals surface area contributed by atoms with E-state index in [-0.39, 0.29) is 18.7 Å². The zero-order chi connectivity index (χ0) is 13.5. The van der Waals surface area contributed by atoms with Crippen LogP contribution in [0.3, 0.4) is 0 Å². The smallest absolute Gasteiger partial charge is 0.410 e. The molecule has 1 N–H and O–H groups in total. The Kier molecular flexibility index (Phi) is 5.21. The Morgan fingerprint density at radius 3 is 2.84 bits per heavy atom. The van der Waals surface area contributed by atoms with Crippen molar-refractivity contribution >= 4 is 6.09 Å². The molecule has 104 valence electrons. The van der Waals surface area contributed by atoms with Crippen LogP contribution < -0.4 is 0 Å². The first-order valence-electron chi connectivity index (χ1n) is 6.89. The van der Waals surface area contributed by atoms with E-state index >= 15 is 0 Å². The number of nitrogens with zero attached hydrogens (tertiary/aromatic N) is 1. The third-order valence-corrected chi connectivity index (χ3v) is 3.53. The summed E-state index contributed by atoms with van der Waals surface area (Å²) in [6.45, 7) is 1.16. The fourth-order valence-electron chi connectivity index (χ4n) is 2.49. The molecular weight excluding hydrogens is 242 g/mol. The molecule has 0 aromatic heterocycles. The number of likely N-dealkylation sites (tertiary alicyclic amines) is 1. The van der Waals surface area contributed by atoms with E-state index in [0.717, 1.165) is 31.4 Å². The summed E-state index contributed by atoms with van der Waals surface area (Å²) in [6, 6.07) is 9.80. The lowest BCUT2D eigenvalue weighted by Crippen LogP contribution is -2.44. The Balaban J connectivity index is 1.87. The van der Waals surface area contributed by atoms with E-state index in [1.54, 1.807) is 4.90 Å². The molecule has 0 radical (unpaired) electrons. The van der Waals surface area contributed by atoms with E-state index in [2.05, 4.69) is 0 Å². The van der Waals surface area contributed by atoms with Crippen molar-refractivity contribution < 1.29 is 14.6 Å². The monoisotopic (exact) mass is 263 g/mol. The Morgan fingerprint density at radius 1 is 1.32 bits per heavy atom. The molecule has 4 heteroatoms. The van der Waals surface area contributed by atoms with Gasteiger partial charge in [0, 0.05) is 19.2 Å². The highest BCUT2D eigenvalue weighted by Crippen LogP contribution is 2.20. The summed E-state index contributed by atoms with van der Waals surface area (Å²) in [5.41, 5.74) is 0.992. The van der Waals surface area contributed by atoms with Crippen LogP contribution in [0.4, 0.5) is 4.79 Å². The van der Waals surface area contributed by atoms with Gasteiger partial charge >= 0.3 is 6.09 Å². The molecule has 1 fully saturated rings. The van der Waals surface area contributed by atoms with Crippen LogP contribution in [0.2, 0.25) is 0 Å². The van der Waals surface area contributed by atoms with Crippen LogP contribution in [0.25, 0.3) is 0 Å². The van der Waals surface area contributed by atoms with Gasteiger partial charge in [0.05, 0.1) is 0 Å². The highest BCUT2D eigenvalue weighted by molar-refractivity contribution is 5.68.